The molecule has 19 heavy (non-hydrogen) atoms. The van der Waals surface area contributed by atoms with Crippen LogP contribution in [-0.4, -0.2) is 72.4 Å². The lowest BCUT2D eigenvalue weighted by Crippen LogP contribution is -2.51. The van der Waals surface area contributed by atoms with E-state index in [0.717, 1.165) is 13.2 Å². The second kappa shape index (κ2) is 11.4. The highest BCUT2D eigenvalue weighted by Gasteiger charge is 2.21. The lowest BCUT2D eigenvalue weighted by atomic mass is 10.3. The Hall–Kier alpha value is -0.390. The molecule has 0 aromatic rings. The molecular weight excluding hydrogens is 298 g/mol. The van der Waals surface area contributed by atoms with Gasteiger partial charge in [-0.1, -0.05) is 0 Å². The molecule has 1 aliphatic heterocycles. The zero-order valence-electron chi connectivity index (χ0n) is 11.4. The summed E-state index contributed by atoms with van der Waals surface area (Å²) >= 11 is -0.750. The van der Waals surface area contributed by atoms with Crippen LogP contribution >= 0.6 is 0 Å². The SMILES string of the molecule is CCOS(=O)(=O)O.CC[N+]1(C)CCOCC1.O=S=O. The van der Waals surface area contributed by atoms with Crippen LogP contribution in [0.3, 0.4) is 0 Å². The fraction of sp³-hybridized carbons (Fsp3) is 1.00. The van der Waals surface area contributed by atoms with Gasteiger partial charge < -0.3 is 9.22 Å². The molecule has 0 aromatic heterocycles. The first-order valence-corrected chi connectivity index (χ1v) is 7.72. The summed E-state index contributed by atoms with van der Waals surface area (Å²) in [7, 11) is -1.88. The van der Waals surface area contributed by atoms with E-state index in [9.17, 15) is 8.42 Å². The van der Waals surface area contributed by atoms with Crippen LogP contribution in [0, 0.1) is 0 Å². The molecule has 0 radical (unpaired) electrons. The minimum Gasteiger partial charge on any atom is -0.370 e. The van der Waals surface area contributed by atoms with Crippen molar-refractivity contribution < 1.29 is 34.8 Å². The minimum absolute atomic E-state index is 0.0289. The number of rotatable bonds is 3. The van der Waals surface area contributed by atoms with Crippen molar-refractivity contribution >= 4 is 22.0 Å². The molecule has 0 unspecified atom stereocenters. The Labute approximate surface area is 117 Å². The highest BCUT2D eigenvalue weighted by molar-refractivity contribution is 7.80. The minimum atomic E-state index is -4.17. The number of ether oxygens (including phenoxy) is 1. The summed E-state index contributed by atoms with van der Waals surface area (Å²) in [5, 5.41) is 0. The highest BCUT2D eigenvalue weighted by atomic mass is 32.3. The normalized spacial score (nSPS) is 17.3. The lowest BCUT2D eigenvalue weighted by molar-refractivity contribution is -0.915. The number of hydrogen-bond donors (Lipinski definition) is 1. The van der Waals surface area contributed by atoms with Gasteiger partial charge in [-0.05, 0) is 13.8 Å². The van der Waals surface area contributed by atoms with Crippen LogP contribution in [0.5, 0.6) is 0 Å². The van der Waals surface area contributed by atoms with E-state index in [2.05, 4.69) is 18.2 Å². The predicted molar refractivity (Wildman–Crippen MR) is 69.4 cm³/mol. The molecule has 1 rings (SSSR count). The molecule has 0 aliphatic carbocycles. The van der Waals surface area contributed by atoms with E-state index in [0.29, 0.717) is 0 Å². The summed E-state index contributed by atoms with van der Waals surface area (Å²) in [6.45, 7) is 9.20. The van der Waals surface area contributed by atoms with E-state index in [1.165, 1.54) is 31.0 Å². The molecule has 0 atom stereocenters. The number of quaternary nitrogens is 1. The van der Waals surface area contributed by atoms with Crippen LogP contribution in [0.4, 0.5) is 0 Å². The summed E-state index contributed by atoms with van der Waals surface area (Å²) in [4.78, 5) is 0. The largest absolute Gasteiger partial charge is 0.397 e. The third-order valence-electron chi connectivity index (χ3n) is 2.58. The van der Waals surface area contributed by atoms with E-state index >= 15 is 0 Å². The van der Waals surface area contributed by atoms with E-state index in [1.54, 1.807) is 0 Å². The fourth-order valence-corrected chi connectivity index (χ4v) is 1.55. The highest BCUT2D eigenvalue weighted by Crippen LogP contribution is 2.05. The topological polar surface area (TPSA) is 107 Å². The summed E-state index contributed by atoms with van der Waals surface area (Å²) in [5.41, 5.74) is 0. The van der Waals surface area contributed by atoms with Crippen molar-refractivity contribution in [2.45, 2.75) is 13.8 Å². The van der Waals surface area contributed by atoms with Crippen molar-refractivity contribution in [1.29, 1.82) is 0 Å². The van der Waals surface area contributed by atoms with E-state index < -0.39 is 22.0 Å². The van der Waals surface area contributed by atoms with Crippen LogP contribution in [-0.2, 0) is 30.9 Å². The average Bonchev–Trinajstić information content (AvgIpc) is 2.30. The Bertz CT molecular complexity index is 346. The van der Waals surface area contributed by atoms with Crippen LogP contribution in [0.15, 0.2) is 0 Å². The second-order valence-electron chi connectivity index (χ2n) is 3.90. The van der Waals surface area contributed by atoms with Gasteiger partial charge in [-0.3, -0.25) is 4.55 Å². The van der Waals surface area contributed by atoms with Crippen molar-refractivity contribution in [3.63, 3.8) is 0 Å². The van der Waals surface area contributed by atoms with Crippen LogP contribution in [0.2, 0.25) is 0 Å². The van der Waals surface area contributed by atoms with Gasteiger partial charge in [-0.2, -0.15) is 16.8 Å². The summed E-state index contributed by atoms with van der Waals surface area (Å²) in [6, 6.07) is 0. The van der Waals surface area contributed by atoms with Crippen molar-refractivity contribution in [1.82, 2.24) is 0 Å². The molecule has 10 heteroatoms. The van der Waals surface area contributed by atoms with Crippen molar-refractivity contribution in [3.8, 4) is 0 Å². The number of morpholine rings is 1. The maximum Gasteiger partial charge on any atom is 0.397 e. The van der Waals surface area contributed by atoms with E-state index in [4.69, 9.17) is 17.7 Å². The molecule has 1 aliphatic rings. The Morgan fingerprint density at radius 2 is 1.68 bits per heavy atom. The van der Waals surface area contributed by atoms with E-state index in [1.807, 2.05) is 0 Å². The average molecular weight is 320 g/mol. The third-order valence-corrected chi connectivity index (χ3v) is 3.11. The predicted octanol–water partition coefficient (Wildman–Crippen LogP) is -0.361. The van der Waals surface area contributed by atoms with Gasteiger partial charge in [-0.15, -0.1) is 0 Å². The van der Waals surface area contributed by atoms with Gasteiger partial charge in [0.15, 0.2) is 0 Å². The Morgan fingerprint density at radius 1 is 1.26 bits per heavy atom. The van der Waals surface area contributed by atoms with Crippen molar-refractivity contribution in [2.75, 3.05) is 46.5 Å². The molecule has 0 amide bonds. The quantitative estimate of drug-likeness (QED) is 0.559. The van der Waals surface area contributed by atoms with Crippen LogP contribution < -0.4 is 0 Å². The molecule has 8 nitrogen and oxygen atoms in total. The summed E-state index contributed by atoms with van der Waals surface area (Å²) in [5.74, 6) is 0. The second-order valence-corrected chi connectivity index (χ2v) is 5.12. The molecule has 0 spiro atoms. The van der Waals surface area contributed by atoms with Gasteiger partial charge in [0, 0.05) is 0 Å². The lowest BCUT2D eigenvalue weighted by Gasteiger charge is -2.36. The first-order valence-electron chi connectivity index (χ1n) is 5.69. The van der Waals surface area contributed by atoms with Gasteiger partial charge in [-0.25, -0.2) is 4.18 Å². The van der Waals surface area contributed by atoms with Crippen LogP contribution in [0.25, 0.3) is 0 Å². The van der Waals surface area contributed by atoms with Crippen molar-refractivity contribution in [3.05, 3.63) is 0 Å². The monoisotopic (exact) mass is 320 g/mol. The molecule has 1 fully saturated rings. The smallest absolute Gasteiger partial charge is 0.370 e. The van der Waals surface area contributed by atoms with Gasteiger partial charge in [0.05, 0.1) is 33.4 Å². The fourth-order valence-electron chi connectivity index (χ4n) is 1.25. The zero-order chi connectivity index (χ0) is 15.4. The summed E-state index contributed by atoms with van der Waals surface area (Å²) < 4.78 is 53.7. The molecule has 1 heterocycles. The molecule has 1 N–H and O–H groups in total. The van der Waals surface area contributed by atoms with Crippen LogP contribution in [0.1, 0.15) is 13.8 Å². The zero-order valence-corrected chi connectivity index (χ0v) is 13.0. The third kappa shape index (κ3) is 15.6. The Kier molecular flexibility index (Phi) is 12.6. The maximum absolute atomic E-state index is 9.56. The van der Waals surface area contributed by atoms with Gasteiger partial charge in [0.25, 0.3) is 0 Å². The standard InChI is InChI=1S/C7H16NO.C2H6O4S.O2S/c1-3-8(2)4-6-9-7-5-8;1-2-6-7(3,4)5;1-3-2/h3-7H2,1-2H3;2H2,1H3,(H,3,4,5);/q+1;;. The molecule has 0 bridgehead atoms. The summed E-state index contributed by atoms with van der Waals surface area (Å²) in [6.07, 6.45) is 0. The van der Waals surface area contributed by atoms with Gasteiger partial charge in [0.2, 0.25) is 0 Å². The molecule has 116 valence electrons. The van der Waals surface area contributed by atoms with Crippen molar-refractivity contribution in [2.24, 2.45) is 0 Å². The molecule has 0 aromatic carbocycles. The molecular formula is C9H22NO7S2+. The first-order chi connectivity index (χ1) is 8.74. The number of hydrogen-bond acceptors (Lipinski definition) is 6. The first kappa shape index (κ1) is 20.9. The molecule has 1 saturated heterocycles. The Morgan fingerprint density at radius 3 is 1.84 bits per heavy atom. The maximum atomic E-state index is 9.56. The Balaban J connectivity index is 0. The van der Waals surface area contributed by atoms with Gasteiger partial charge in [0.1, 0.15) is 13.1 Å². The number of likely N-dealkylation sites (N-methyl/N-ethyl adjacent to an activating group) is 1. The van der Waals surface area contributed by atoms with Gasteiger partial charge >= 0.3 is 22.0 Å². The van der Waals surface area contributed by atoms with E-state index in [-0.39, 0.29) is 6.61 Å². The molecule has 0 saturated carbocycles. The number of nitrogens with zero attached hydrogens (tertiary/aromatic N) is 1.